The lowest BCUT2D eigenvalue weighted by atomic mass is 10.2. The average molecular weight is 380 g/mol. The number of aromatic nitrogens is 2. The van der Waals surface area contributed by atoms with E-state index < -0.39 is 0 Å². The van der Waals surface area contributed by atoms with Crippen LogP contribution < -0.4 is 11.4 Å². The molecule has 1 aromatic heterocycles. The quantitative estimate of drug-likeness (QED) is 0.430. The molecule has 1 heterocycles. The summed E-state index contributed by atoms with van der Waals surface area (Å²) in [5.74, 6) is 5.82. The van der Waals surface area contributed by atoms with Gasteiger partial charge in [-0.1, -0.05) is 45.9 Å². The molecule has 22 heavy (non-hydrogen) atoms. The zero-order valence-electron chi connectivity index (χ0n) is 11.3. The molecule has 7 heteroatoms. The van der Waals surface area contributed by atoms with Crippen molar-refractivity contribution in [2.45, 2.75) is 10.9 Å². The number of thioether (sulfide) groups is 1. The highest BCUT2D eigenvalue weighted by Gasteiger charge is 2.10. The fourth-order valence-electron chi connectivity index (χ4n) is 2.01. The average Bonchev–Trinajstić information content (AvgIpc) is 2.51. The van der Waals surface area contributed by atoms with Gasteiger partial charge in [-0.3, -0.25) is 4.79 Å². The van der Waals surface area contributed by atoms with Gasteiger partial charge in [-0.05, 0) is 29.8 Å². The zero-order chi connectivity index (χ0) is 15.7. The standard InChI is InChI=1S/C15H11BrFN3OS/c16-10-6-5-9(12(17)7-10)8-22-15-19-13-4-2-1-3-11(13)14(21)20(15)18/h1-7H,8,18H2. The first-order valence-corrected chi connectivity index (χ1v) is 8.18. The van der Waals surface area contributed by atoms with E-state index in [0.29, 0.717) is 31.8 Å². The van der Waals surface area contributed by atoms with E-state index in [1.165, 1.54) is 17.8 Å². The predicted molar refractivity (Wildman–Crippen MR) is 89.8 cm³/mol. The molecule has 0 amide bonds. The maximum absolute atomic E-state index is 13.8. The van der Waals surface area contributed by atoms with E-state index in [1.807, 2.05) is 0 Å². The minimum atomic E-state index is -0.315. The maximum Gasteiger partial charge on any atom is 0.280 e. The monoisotopic (exact) mass is 379 g/mol. The minimum absolute atomic E-state index is 0.311. The van der Waals surface area contributed by atoms with Crippen LogP contribution in [-0.4, -0.2) is 9.66 Å². The van der Waals surface area contributed by atoms with E-state index >= 15 is 0 Å². The number of nitrogens with two attached hydrogens (primary N) is 1. The Morgan fingerprint density at radius 2 is 2.05 bits per heavy atom. The van der Waals surface area contributed by atoms with Gasteiger partial charge in [0.15, 0.2) is 5.16 Å². The molecular weight excluding hydrogens is 369 g/mol. The summed E-state index contributed by atoms with van der Waals surface area (Å²) in [6.07, 6.45) is 0. The predicted octanol–water partition coefficient (Wildman–Crippen LogP) is 3.30. The molecule has 112 valence electrons. The van der Waals surface area contributed by atoms with Crippen LogP contribution in [0.2, 0.25) is 0 Å². The number of fused-ring (bicyclic) bond motifs is 1. The molecule has 0 spiro atoms. The number of rotatable bonds is 3. The summed E-state index contributed by atoms with van der Waals surface area (Å²) in [7, 11) is 0. The third kappa shape index (κ3) is 2.86. The fourth-order valence-corrected chi connectivity index (χ4v) is 3.25. The van der Waals surface area contributed by atoms with Crippen LogP contribution in [0.5, 0.6) is 0 Å². The van der Waals surface area contributed by atoms with Gasteiger partial charge in [0.1, 0.15) is 5.82 Å². The zero-order valence-corrected chi connectivity index (χ0v) is 13.7. The summed E-state index contributed by atoms with van der Waals surface area (Å²) in [5.41, 5.74) is 0.785. The summed E-state index contributed by atoms with van der Waals surface area (Å²) in [6, 6.07) is 11.8. The van der Waals surface area contributed by atoms with E-state index in [4.69, 9.17) is 5.84 Å². The molecule has 0 bridgehead atoms. The van der Waals surface area contributed by atoms with Crippen molar-refractivity contribution in [3.63, 3.8) is 0 Å². The Morgan fingerprint density at radius 3 is 2.82 bits per heavy atom. The van der Waals surface area contributed by atoms with Crippen molar-refractivity contribution in [1.29, 1.82) is 0 Å². The molecule has 4 nitrogen and oxygen atoms in total. The molecule has 0 aliphatic carbocycles. The maximum atomic E-state index is 13.8. The van der Waals surface area contributed by atoms with Crippen LogP contribution in [0, 0.1) is 5.82 Å². The van der Waals surface area contributed by atoms with Gasteiger partial charge in [0.2, 0.25) is 0 Å². The molecule has 0 aliphatic rings. The summed E-state index contributed by atoms with van der Waals surface area (Å²) in [6.45, 7) is 0. The van der Waals surface area contributed by atoms with Gasteiger partial charge in [0, 0.05) is 10.2 Å². The summed E-state index contributed by atoms with van der Waals surface area (Å²) >= 11 is 4.44. The van der Waals surface area contributed by atoms with Crippen molar-refractivity contribution in [2.75, 3.05) is 5.84 Å². The van der Waals surface area contributed by atoms with Crippen LogP contribution in [0.3, 0.4) is 0 Å². The van der Waals surface area contributed by atoms with E-state index in [2.05, 4.69) is 20.9 Å². The number of nitrogen functional groups attached to an aromatic ring is 1. The lowest BCUT2D eigenvalue weighted by molar-refractivity contribution is 0.616. The molecule has 3 aromatic rings. The lowest BCUT2D eigenvalue weighted by Gasteiger charge is -2.08. The highest BCUT2D eigenvalue weighted by Crippen LogP contribution is 2.24. The van der Waals surface area contributed by atoms with Crippen molar-refractivity contribution < 1.29 is 4.39 Å². The third-order valence-electron chi connectivity index (χ3n) is 3.15. The van der Waals surface area contributed by atoms with Crippen molar-refractivity contribution in [2.24, 2.45) is 0 Å². The molecule has 2 N–H and O–H groups in total. The molecule has 0 aliphatic heterocycles. The molecule has 2 aromatic carbocycles. The second kappa shape index (κ2) is 6.10. The number of hydrogen-bond donors (Lipinski definition) is 1. The lowest BCUT2D eigenvalue weighted by Crippen LogP contribution is -2.29. The van der Waals surface area contributed by atoms with Gasteiger partial charge < -0.3 is 5.84 Å². The molecule has 0 radical (unpaired) electrons. The third-order valence-corrected chi connectivity index (χ3v) is 4.64. The van der Waals surface area contributed by atoms with Crippen LogP contribution >= 0.6 is 27.7 Å². The molecule has 0 saturated heterocycles. The molecule has 0 fully saturated rings. The van der Waals surface area contributed by atoms with E-state index in [-0.39, 0.29) is 11.4 Å². The summed E-state index contributed by atoms with van der Waals surface area (Å²) in [4.78, 5) is 16.5. The van der Waals surface area contributed by atoms with Gasteiger partial charge >= 0.3 is 0 Å². The summed E-state index contributed by atoms with van der Waals surface area (Å²) in [5, 5.41) is 0.815. The second-order valence-electron chi connectivity index (χ2n) is 4.61. The van der Waals surface area contributed by atoms with Crippen LogP contribution in [0.1, 0.15) is 5.56 Å². The van der Waals surface area contributed by atoms with Crippen LogP contribution in [-0.2, 0) is 5.75 Å². The highest BCUT2D eigenvalue weighted by atomic mass is 79.9. The van der Waals surface area contributed by atoms with Crippen LogP contribution in [0.25, 0.3) is 10.9 Å². The molecule has 0 atom stereocenters. The Labute approximate surface area is 138 Å². The Hall–Kier alpha value is -1.86. The number of para-hydroxylation sites is 1. The van der Waals surface area contributed by atoms with Gasteiger partial charge in [-0.15, -0.1) is 0 Å². The van der Waals surface area contributed by atoms with Gasteiger partial charge in [-0.25, -0.2) is 14.1 Å². The first-order chi connectivity index (χ1) is 10.6. The Balaban J connectivity index is 1.94. The molecule has 0 unspecified atom stereocenters. The Bertz CT molecular complexity index is 913. The second-order valence-corrected chi connectivity index (χ2v) is 6.47. The number of nitrogens with zero attached hydrogens (tertiary/aromatic N) is 2. The highest BCUT2D eigenvalue weighted by molar-refractivity contribution is 9.10. The molecule has 3 rings (SSSR count). The summed E-state index contributed by atoms with van der Waals surface area (Å²) < 4.78 is 15.5. The minimum Gasteiger partial charge on any atom is -0.334 e. The van der Waals surface area contributed by atoms with Gasteiger partial charge in [-0.2, -0.15) is 0 Å². The van der Waals surface area contributed by atoms with Crippen molar-refractivity contribution in [3.8, 4) is 0 Å². The van der Waals surface area contributed by atoms with Crippen molar-refractivity contribution in [3.05, 3.63) is 68.7 Å². The Morgan fingerprint density at radius 1 is 1.27 bits per heavy atom. The van der Waals surface area contributed by atoms with E-state index in [0.717, 1.165) is 4.68 Å². The fraction of sp³-hybridized carbons (Fsp3) is 0.0667. The smallest absolute Gasteiger partial charge is 0.280 e. The molecule has 0 saturated carbocycles. The largest absolute Gasteiger partial charge is 0.334 e. The number of hydrogen-bond acceptors (Lipinski definition) is 4. The van der Waals surface area contributed by atoms with Crippen molar-refractivity contribution >= 4 is 38.6 Å². The molecular formula is C15H11BrFN3OS. The number of benzene rings is 2. The van der Waals surface area contributed by atoms with Gasteiger partial charge in [0.05, 0.1) is 10.9 Å². The Kier molecular flexibility index (Phi) is 4.17. The van der Waals surface area contributed by atoms with E-state index in [9.17, 15) is 9.18 Å². The van der Waals surface area contributed by atoms with E-state index in [1.54, 1.807) is 36.4 Å². The van der Waals surface area contributed by atoms with Crippen LogP contribution in [0.4, 0.5) is 4.39 Å². The van der Waals surface area contributed by atoms with Crippen molar-refractivity contribution in [1.82, 2.24) is 9.66 Å². The van der Waals surface area contributed by atoms with Gasteiger partial charge in [0.25, 0.3) is 5.56 Å². The topological polar surface area (TPSA) is 60.9 Å². The first-order valence-electron chi connectivity index (χ1n) is 6.40. The SMILES string of the molecule is Nn1c(SCc2ccc(Br)cc2F)nc2ccccc2c1=O. The van der Waals surface area contributed by atoms with Crippen LogP contribution in [0.15, 0.2) is 56.9 Å². The normalized spacial score (nSPS) is 11.0. The number of halogens is 2. The first kappa shape index (κ1) is 15.1.